The number of rotatable bonds is 3. The van der Waals surface area contributed by atoms with Crippen LogP contribution in [0.2, 0.25) is 0 Å². The van der Waals surface area contributed by atoms with Crippen molar-refractivity contribution in [1.82, 2.24) is 4.68 Å². The van der Waals surface area contributed by atoms with Crippen LogP contribution in [0.25, 0.3) is 0 Å². The molecule has 0 radical (unpaired) electrons. The van der Waals surface area contributed by atoms with Crippen molar-refractivity contribution < 1.29 is 4.79 Å². The van der Waals surface area contributed by atoms with Gasteiger partial charge < -0.3 is 5.84 Å². The van der Waals surface area contributed by atoms with Gasteiger partial charge in [0, 0.05) is 17.2 Å². The van der Waals surface area contributed by atoms with E-state index in [-0.39, 0.29) is 11.3 Å². The molecule has 0 aliphatic heterocycles. The molecule has 0 bridgehead atoms. The third kappa shape index (κ3) is 2.42. The highest BCUT2D eigenvalue weighted by molar-refractivity contribution is 6.09. The molecule has 0 saturated carbocycles. The highest BCUT2D eigenvalue weighted by Gasteiger charge is 2.15. The third-order valence-electron chi connectivity index (χ3n) is 3.12. The van der Waals surface area contributed by atoms with Crippen LogP contribution in [0.1, 0.15) is 34.1 Å². The summed E-state index contributed by atoms with van der Waals surface area (Å²) in [6.45, 7) is 3.83. The number of hydrogen-bond acceptors (Lipinski definition) is 3. The molecule has 0 unspecified atom stereocenters. The molecule has 0 aliphatic carbocycles. The number of pyridine rings is 1. The standard InChI is InChI=1S/C15H16N2O2/c1-3-13-12(8-9-14(18)17(13)16)15(19)11-6-4-10(2)5-7-11/h4-9H,3,16H2,1-2H3. The normalized spacial score (nSPS) is 10.4. The van der Waals surface area contributed by atoms with E-state index >= 15 is 0 Å². The molecule has 1 aromatic heterocycles. The van der Waals surface area contributed by atoms with Gasteiger partial charge in [-0.3, -0.25) is 9.59 Å². The summed E-state index contributed by atoms with van der Waals surface area (Å²) in [6, 6.07) is 10.2. The lowest BCUT2D eigenvalue weighted by Gasteiger charge is -2.11. The van der Waals surface area contributed by atoms with E-state index in [1.165, 1.54) is 6.07 Å². The maximum absolute atomic E-state index is 12.4. The molecule has 4 heteroatoms. The molecule has 0 fully saturated rings. The van der Waals surface area contributed by atoms with Gasteiger partial charge in [0.2, 0.25) is 0 Å². The first-order valence-corrected chi connectivity index (χ1v) is 6.16. The number of hydrogen-bond donors (Lipinski definition) is 1. The maximum Gasteiger partial charge on any atom is 0.268 e. The third-order valence-corrected chi connectivity index (χ3v) is 3.12. The Bertz CT molecular complexity index is 670. The van der Waals surface area contributed by atoms with Gasteiger partial charge >= 0.3 is 0 Å². The number of aromatic nitrogens is 1. The molecule has 19 heavy (non-hydrogen) atoms. The zero-order valence-electron chi connectivity index (χ0n) is 11.0. The van der Waals surface area contributed by atoms with Crippen molar-refractivity contribution >= 4 is 5.78 Å². The summed E-state index contributed by atoms with van der Waals surface area (Å²) in [7, 11) is 0. The van der Waals surface area contributed by atoms with Gasteiger partial charge in [-0.2, -0.15) is 0 Å². The van der Waals surface area contributed by atoms with E-state index in [9.17, 15) is 9.59 Å². The van der Waals surface area contributed by atoms with Crippen molar-refractivity contribution in [3.63, 3.8) is 0 Å². The molecular weight excluding hydrogens is 240 g/mol. The van der Waals surface area contributed by atoms with Crippen LogP contribution in [0, 0.1) is 6.92 Å². The molecule has 0 atom stereocenters. The van der Waals surface area contributed by atoms with Crippen LogP contribution in [0.5, 0.6) is 0 Å². The van der Waals surface area contributed by atoms with Crippen molar-refractivity contribution in [3.05, 3.63) is 69.1 Å². The molecule has 98 valence electrons. The number of benzene rings is 1. The van der Waals surface area contributed by atoms with E-state index in [0.717, 1.165) is 10.2 Å². The first-order chi connectivity index (χ1) is 9.04. The predicted octanol–water partition coefficient (Wildman–Crippen LogP) is 1.66. The van der Waals surface area contributed by atoms with E-state index in [1.807, 2.05) is 26.0 Å². The van der Waals surface area contributed by atoms with Crippen molar-refractivity contribution in [1.29, 1.82) is 0 Å². The number of carbonyl (C=O) groups is 1. The fourth-order valence-corrected chi connectivity index (χ4v) is 2.02. The highest BCUT2D eigenvalue weighted by Crippen LogP contribution is 2.13. The summed E-state index contributed by atoms with van der Waals surface area (Å²) in [5, 5.41) is 0. The molecule has 1 heterocycles. The number of ketones is 1. The molecule has 2 aromatic rings. The van der Waals surface area contributed by atoms with Crippen molar-refractivity contribution in [2.24, 2.45) is 0 Å². The quantitative estimate of drug-likeness (QED) is 0.671. The van der Waals surface area contributed by atoms with Gasteiger partial charge in [0.1, 0.15) is 0 Å². The number of nitrogen functional groups attached to an aromatic ring is 1. The molecule has 0 aliphatic rings. The van der Waals surface area contributed by atoms with Crippen LogP contribution < -0.4 is 11.4 Å². The van der Waals surface area contributed by atoms with Crippen LogP contribution >= 0.6 is 0 Å². The highest BCUT2D eigenvalue weighted by atomic mass is 16.1. The average molecular weight is 256 g/mol. The van der Waals surface area contributed by atoms with E-state index < -0.39 is 0 Å². The van der Waals surface area contributed by atoms with Crippen LogP contribution in [0.3, 0.4) is 0 Å². The molecule has 4 nitrogen and oxygen atoms in total. The maximum atomic E-state index is 12.4. The monoisotopic (exact) mass is 256 g/mol. The van der Waals surface area contributed by atoms with Gasteiger partial charge in [-0.1, -0.05) is 36.8 Å². The predicted molar refractivity (Wildman–Crippen MR) is 74.8 cm³/mol. The molecule has 0 saturated heterocycles. The number of nitrogens with two attached hydrogens (primary N) is 1. The summed E-state index contributed by atoms with van der Waals surface area (Å²) >= 11 is 0. The van der Waals surface area contributed by atoms with Crippen LogP contribution in [0.15, 0.2) is 41.2 Å². The number of aryl methyl sites for hydroxylation is 1. The second-order valence-corrected chi connectivity index (χ2v) is 4.45. The van der Waals surface area contributed by atoms with Gasteiger partial charge in [-0.25, -0.2) is 4.68 Å². The Labute approximate surface area is 111 Å². The summed E-state index contributed by atoms with van der Waals surface area (Å²) < 4.78 is 1.04. The zero-order chi connectivity index (χ0) is 14.0. The van der Waals surface area contributed by atoms with Gasteiger partial charge in [0.25, 0.3) is 5.56 Å². The molecule has 0 amide bonds. The largest absolute Gasteiger partial charge is 0.336 e. The molecular formula is C15H16N2O2. The Morgan fingerprint density at radius 1 is 1.16 bits per heavy atom. The number of nitrogens with zero attached hydrogens (tertiary/aromatic N) is 1. The van der Waals surface area contributed by atoms with Crippen LogP contribution in [0.4, 0.5) is 0 Å². The Hall–Kier alpha value is -2.36. The summed E-state index contributed by atoms with van der Waals surface area (Å²) in [5.41, 5.74) is 2.42. The Morgan fingerprint density at radius 3 is 2.37 bits per heavy atom. The van der Waals surface area contributed by atoms with Gasteiger partial charge in [-0.05, 0) is 19.4 Å². The van der Waals surface area contributed by atoms with Gasteiger partial charge in [0.15, 0.2) is 5.78 Å². The van der Waals surface area contributed by atoms with Gasteiger partial charge in [0.05, 0.1) is 5.69 Å². The minimum absolute atomic E-state index is 0.115. The minimum Gasteiger partial charge on any atom is -0.336 e. The first kappa shape index (κ1) is 13.1. The number of carbonyl (C=O) groups excluding carboxylic acids is 1. The minimum atomic E-state index is -0.308. The van der Waals surface area contributed by atoms with Crippen LogP contribution in [-0.4, -0.2) is 10.5 Å². The second-order valence-electron chi connectivity index (χ2n) is 4.45. The summed E-state index contributed by atoms with van der Waals surface area (Å²) in [5.74, 6) is 5.57. The van der Waals surface area contributed by atoms with E-state index in [2.05, 4.69) is 0 Å². The summed E-state index contributed by atoms with van der Waals surface area (Å²) in [4.78, 5) is 23.9. The Kier molecular flexibility index (Phi) is 3.51. The molecule has 2 rings (SSSR count). The van der Waals surface area contributed by atoms with Crippen molar-refractivity contribution in [2.75, 3.05) is 5.84 Å². The van der Waals surface area contributed by atoms with Crippen LogP contribution in [-0.2, 0) is 6.42 Å². The second kappa shape index (κ2) is 5.10. The van der Waals surface area contributed by atoms with E-state index in [0.29, 0.717) is 23.2 Å². The van der Waals surface area contributed by atoms with Gasteiger partial charge in [-0.15, -0.1) is 0 Å². The first-order valence-electron chi connectivity index (χ1n) is 6.16. The topological polar surface area (TPSA) is 65.1 Å². The Balaban J connectivity index is 2.53. The van der Waals surface area contributed by atoms with Crippen molar-refractivity contribution in [3.8, 4) is 0 Å². The smallest absolute Gasteiger partial charge is 0.268 e. The van der Waals surface area contributed by atoms with E-state index in [4.69, 9.17) is 5.84 Å². The SMILES string of the molecule is CCc1c(C(=O)c2ccc(C)cc2)ccc(=O)n1N. The fourth-order valence-electron chi connectivity index (χ4n) is 2.02. The molecule has 2 N–H and O–H groups in total. The molecule has 0 spiro atoms. The lowest BCUT2D eigenvalue weighted by atomic mass is 10.00. The molecule has 1 aromatic carbocycles. The lowest BCUT2D eigenvalue weighted by Crippen LogP contribution is -2.31. The fraction of sp³-hybridized carbons (Fsp3) is 0.200. The van der Waals surface area contributed by atoms with E-state index in [1.54, 1.807) is 18.2 Å². The zero-order valence-corrected chi connectivity index (χ0v) is 11.0. The average Bonchev–Trinajstić information content (AvgIpc) is 2.41. The lowest BCUT2D eigenvalue weighted by molar-refractivity contribution is 0.103. The van der Waals surface area contributed by atoms with Crippen molar-refractivity contribution in [2.45, 2.75) is 20.3 Å². The summed E-state index contributed by atoms with van der Waals surface area (Å²) in [6.07, 6.45) is 0.527. The Morgan fingerprint density at radius 2 is 1.79 bits per heavy atom.